The van der Waals surface area contributed by atoms with Crippen LogP contribution in [0.25, 0.3) is 11.8 Å². The van der Waals surface area contributed by atoms with Crippen LogP contribution in [0.5, 0.6) is 17.2 Å². The normalized spacial score (nSPS) is 14.3. The molecule has 0 N–H and O–H groups in total. The molecule has 0 amide bonds. The number of nitrogens with zero attached hydrogens (tertiary/aromatic N) is 2. The monoisotopic (exact) mass is 650 g/mol. The molecule has 0 spiro atoms. The van der Waals surface area contributed by atoms with Crippen molar-refractivity contribution < 1.29 is 28.1 Å². The van der Waals surface area contributed by atoms with Crippen molar-refractivity contribution >= 4 is 29.1 Å². The molecule has 1 aliphatic heterocycles. The molecule has 8 nitrogen and oxygen atoms in total. The van der Waals surface area contributed by atoms with E-state index in [4.69, 9.17) is 23.9 Å². The van der Waals surface area contributed by atoms with Crippen LogP contribution >= 0.6 is 11.3 Å². The summed E-state index contributed by atoms with van der Waals surface area (Å²) in [6, 6.07) is 27.4. The summed E-state index contributed by atoms with van der Waals surface area (Å²) in [6.07, 6.45) is 1.77. The van der Waals surface area contributed by atoms with Crippen LogP contribution in [0, 0.1) is 5.82 Å². The summed E-state index contributed by atoms with van der Waals surface area (Å²) < 4.78 is 38.3. The number of benzene rings is 4. The van der Waals surface area contributed by atoms with Gasteiger partial charge in [0.2, 0.25) is 0 Å². The van der Waals surface area contributed by atoms with Gasteiger partial charge in [-0.25, -0.2) is 14.2 Å². The van der Waals surface area contributed by atoms with Crippen LogP contribution in [0.4, 0.5) is 4.39 Å². The van der Waals surface area contributed by atoms with Crippen molar-refractivity contribution in [2.75, 3.05) is 20.8 Å². The van der Waals surface area contributed by atoms with Gasteiger partial charge in [-0.05, 0) is 54.5 Å². The van der Waals surface area contributed by atoms with Gasteiger partial charge < -0.3 is 18.9 Å². The summed E-state index contributed by atoms with van der Waals surface area (Å²) in [6.45, 7) is 1.97. The standard InChI is InChI=1S/C37H31FN2O6S/c1-4-45-36(42)32-33(24-10-6-5-7-11-24)39-37-40(34(32)25-16-19-29(43-2)30(21-25)44-3)35(41)31(47-37)20-23-14-17-27(18-15-23)46-22-26-12-8-9-13-28(26)38/h5-21,34H,4,22H2,1-3H3/b31-20-/t34-/m0/s1. The van der Waals surface area contributed by atoms with Crippen molar-refractivity contribution in [1.29, 1.82) is 0 Å². The Balaban J connectivity index is 1.47. The van der Waals surface area contributed by atoms with Crippen LogP contribution < -0.4 is 29.1 Å². The minimum absolute atomic E-state index is 0.0906. The van der Waals surface area contributed by atoms with Crippen LogP contribution in [0.15, 0.2) is 112 Å². The van der Waals surface area contributed by atoms with E-state index in [1.807, 2.05) is 42.5 Å². The smallest absolute Gasteiger partial charge is 0.338 e. The van der Waals surface area contributed by atoms with E-state index in [0.717, 1.165) is 5.56 Å². The maximum absolute atomic E-state index is 14.2. The molecular formula is C37H31FN2O6S. The molecule has 1 aliphatic rings. The van der Waals surface area contributed by atoms with Crippen LogP contribution in [-0.4, -0.2) is 31.4 Å². The summed E-state index contributed by atoms with van der Waals surface area (Å²) in [5, 5.41) is 0. The zero-order valence-corrected chi connectivity index (χ0v) is 26.8. The van der Waals surface area contributed by atoms with Crippen molar-refractivity contribution in [2.45, 2.75) is 19.6 Å². The van der Waals surface area contributed by atoms with Crippen LogP contribution in [-0.2, 0) is 16.1 Å². The molecule has 0 radical (unpaired) electrons. The zero-order chi connectivity index (χ0) is 32.9. The lowest BCUT2D eigenvalue weighted by Crippen LogP contribution is -2.40. The number of esters is 1. The van der Waals surface area contributed by atoms with Crippen LogP contribution in [0.1, 0.15) is 35.2 Å². The fraction of sp³-hybridized carbons (Fsp3) is 0.162. The number of hydrogen-bond acceptors (Lipinski definition) is 8. The molecule has 2 heterocycles. The van der Waals surface area contributed by atoms with Crippen molar-refractivity contribution in [3.63, 3.8) is 0 Å². The number of rotatable bonds is 10. The molecule has 0 saturated heterocycles. The number of carbonyl (C=O) groups excluding carboxylic acids is 1. The first-order valence-corrected chi connectivity index (χ1v) is 15.7. The topological polar surface area (TPSA) is 88.4 Å². The summed E-state index contributed by atoms with van der Waals surface area (Å²) in [5.74, 6) is 0.621. The van der Waals surface area contributed by atoms with Crippen LogP contribution in [0.3, 0.4) is 0 Å². The number of carbonyl (C=O) groups is 1. The molecule has 1 aromatic heterocycles. The molecule has 1 atom stereocenters. The number of aromatic nitrogens is 1. The van der Waals surface area contributed by atoms with Gasteiger partial charge >= 0.3 is 5.97 Å². The van der Waals surface area contributed by atoms with Crippen molar-refractivity contribution in [3.05, 3.63) is 150 Å². The predicted octanol–water partition coefficient (Wildman–Crippen LogP) is 5.67. The molecule has 0 aliphatic carbocycles. The van der Waals surface area contributed by atoms with E-state index in [0.29, 0.717) is 49.0 Å². The summed E-state index contributed by atoms with van der Waals surface area (Å²) in [7, 11) is 3.07. The lowest BCUT2D eigenvalue weighted by Gasteiger charge is -2.26. The van der Waals surface area contributed by atoms with Gasteiger partial charge in [0, 0.05) is 11.1 Å². The maximum atomic E-state index is 14.2. The third kappa shape index (κ3) is 6.45. The fourth-order valence-corrected chi connectivity index (χ4v) is 6.37. The van der Waals surface area contributed by atoms with Gasteiger partial charge in [-0.1, -0.05) is 78.1 Å². The van der Waals surface area contributed by atoms with Gasteiger partial charge in [0.1, 0.15) is 18.2 Å². The first-order valence-electron chi connectivity index (χ1n) is 14.9. The van der Waals surface area contributed by atoms with E-state index in [9.17, 15) is 14.0 Å². The van der Waals surface area contributed by atoms with Crippen molar-refractivity contribution in [2.24, 2.45) is 4.99 Å². The number of halogens is 1. The lowest BCUT2D eigenvalue weighted by molar-refractivity contribution is -0.138. The van der Waals surface area contributed by atoms with Gasteiger partial charge in [-0.2, -0.15) is 0 Å². The molecule has 6 rings (SSSR count). The highest BCUT2D eigenvalue weighted by molar-refractivity contribution is 7.07. The first kappa shape index (κ1) is 31.5. The Morgan fingerprint density at radius 1 is 0.936 bits per heavy atom. The van der Waals surface area contributed by atoms with E-state index in [1.54, 1.807) is 68.6 Å². The van der Waals surface area contributed by atoms with E-state index < -0.39 is 12.0 Å². The third-order valence-corrected chi connectivity index (χ3v) is 8.61. The molecule has 5 aromatic rings. The highest BCUT2D eigenvalue weighted by Gasteiger charge is 2.35. The van der Waals surface area contributed by atoms with E-state index in [-0.39, 0.29) is 30.2 Å². The zero-order valence-electron chi connectivity index (χ0n) is 25.9. The molecule has 4 aromatic carbocycles. The number of fused-ring (bicyclic) bond motifs is 1. The molecule has 47 heavy (non-hydrogen) atoms. The van der Waals surface area contributed by atoms with E-state index in [1.165, 1.54) is 29.1 Å². The average molecular weight is 651 g/mol. The van der Waals surface area contributed by atoms with Gasteiger partial charge in [-0.15, -0.1) is 0 Å². The van der Waals surface area contributed by atoms with Gasteiger partial charge in [-0.3, -0.25) is 9.36 Å². The Morgan fingerprint density at radius 3 is 2.36 bits per heavy atom. The molecule has 0 bridgehead atoms. The van der Waals surface area contributed by atoms with Gasteiger partial charge in [0.25, 0.3) is 5.56 Å². The van der Waals surface area contributed by atoms with Gasteiger partial charge in [0.05, 0.1) is 42.7 Å². The number of thiazole rings is 1. The highest BCUT2D eigenvalue weighted by Crippen LogP contribution is 2.38. The SMILES string of the molecule is CCOC(=O)C1=C(c2ccccc2)N=c2s/c(=C\c3ccc(OCc4ccccc4F)cc3)c(=O)n2[C@H]1c1ccc(OC)c(OC)c1. The Hall–Kier alpha value is -5.48. The molecule has 0 fully saturated rings. The molecule has 0 unspecified atom stereocenters. The van der Waals surface area contributed by atoms with E-state index in [2.05, 4.69) is 0 Å². The molecule has 10 heteroatoms. The lowest BCUT2D eigenvalue weighted by atomic mass is 9.93. The Morgan fingerprint density at radius 2 is 1.66 bits per heavy atom. The predicted molar refractivity (Wildman–Crippen MR) is 178 cm³/mol. The van der Waals surface area contributed by atoms with Gasteiger partial charge in [0.15, 0.2) is 16.3 Å². The quantitative estimate of drug-likeness (QED) is 0.181. The maximum Gasteiger partial charge on any atom is 0.338 e. The second kappa shape index (κ2) is 13.9. The van der Waals surface area contributed by atoms with Crippen molar-refractivity contribution in [3.8, 4) is 17.2 Å². The largest absolute Gasteiger partial charge is 0.493 e. The molecule has 238 valence electrons. The second-order valence-electron chi connectivity index (χ2n) is 10.5. The van der Waals surface area contributed by atoms with E-state index >= 15 is 0 Å². The van der Waals surface area contributed by atoms with Crippen molar-refractivity contribution in [1.82, 2.24) is 4.57 Å². The Kier molecular flexibility index (Phi) is 9.30. The number of methoxy groups -OCH3 is 2. The highest BCUT2D eigenvalue weighted by atomic mass is 32.1. The third-order valence-electron chi connectivity index (χ3n) is 7.63. The minimum Gasteiger partial charge on any atom is -0.493 e. The molecule has 0 saturated carbocycles. The Bertz CT molecular complexity index is 2140. The summed E-state index contributed by atoms with van der Waals surface area (Å²) >= 11 is 1.22. The Labute approximate surface area is 274 Å². The molecular weight excluding hydrogens is 619 g/mol. The van der Waals surface area contributed by atoms with Crippen LogP contribution in [0.2, 0.25) is 0 Å². The summed E-state index contributed by atoms with van der Waals surface area (Å²) in [4.78, 5) is 33.2. The minimum atomic E-state index is -0.864. The summed E-state index contributed by atoms with van der Waals surface area (Å²) in [5.41, 5.74) is 2.89. The second-order valence-corrected chi connectivity index (χ2v) is 11.5. The average Bonchev–Trinajstić information content (AvgIpc) is 3.41. The number of ether oxygens (including phenoxy) is 4. The first-order chi connectivity index (χ1) is 22.9. The fourth-order valence-electron chi connectivity index (χ4n) is 5.37. The number of hydrogen-bond donors (Lipinski definition) is 0.